The number of fused-ring (bicyclic) bond motifs is 3. The van der Waals surface area contributed by atoms with E-state index in [4.69, 9.17) is 4.18 Å². The maximum atomic E-state index is 12.5. The van der Waals surface area contributed by atoms with Gasteiger partial charge in [0.05, 0.1) is 11.0 Å². The molecule has 3 aliphatic rings. The summed E-state index contributed by atoms with van der Waals surface area (Å²) in [4.78, 5) is 0.293. The summed E-state index contributed by atoms with van der Waals surface area (Å²) in [7, 11) is -3.61. The van der Waals surface area contributed by atoms with Crippen molar-refractivity contribution in [2.45, 2.75) is 50.0 Å². The number of benzene rings is 1. The van der Waals surface area contributed by atoms with Crippen LogP contribution >= 0.6 is 0 Å². The van der Waals surface area contributed by atoms with Crippen molar-refractivity contribution in [3.63, 3.8) is 0 Å². The van der Waals surface area contributed by atoms with Crippen LogP contribution in [0.3, 0.4) is 0 Å². The topological polar surface area (TPSA) is 43.4 Å². The van der Waals surface area contributed by atoms with Gasteiger partial charge in [-0.3, -0.25) is 4.18 Å². The number of hydrogen-bond acceptors (Lipinski definition) is 3. The van der Waals surface area contributed by atoms with Crippen LogP contribution in [0.2, 0.25) is 0 Å². The molecule has 3 fully saturated rings. The number of aryl methyl sites for hydroxylation is 1. The molecule has 1 aromatic carbocycles. The summed E-state index contributed by atoms with van der Waals surface area (Å²) in [5.74, 6) is 1.17. The third kappa shape index (κ3) is 1.77. The first kappa shape index (κ1) is 12.8. The van der Waals surface area contributed by atoms with Crippen LogP contribution in [0.25, 0.3) is 0 Å². The highest BCUT2D eigenvalue weighted by Gasteiger charge is 2.66. The zero-order chi connectivity index (χ0) is 14.0. The molecule has 2 bridgehead atoms. The Morgan fingerprint density at radius 3 is 2.50 bits per heavy atom. The van der Waals surface area contributed by atoms with Gasteiger partial charge in [0.2, 0.25) is 0 Å². The van der Waals surface area contributed by atoms with Crippen molar-refractivity contribution in [1.29, 1.82) is 0 Å². The molecule has 3 saturated carbocycles. The summed E-state index contributed by atoms with van der Waals surface area (Å²) < 4.78 is 30.6. The lowest BCUT2D eigenvalue weighted by Crippen LogP contribution is -2.34. The molecule has 4 rings (SSSR count). The number of hydrogen-bond donors (Lipinski definition) is 0. The van der Waals surface area contributed by atoms with E-state index in [1.165, 1.54) is 12.8 Å². The molecule has 0 amide bonds. The lowest BCUT2D eigenvalue weighted by atomic mass is 9.83. The summed E-state index contributed by atoms with van der Waals surface area (Å²) in [5.41, 5.74) is 1.27. The molecular formula is C16H20O3S. The second-order valence-corrected chi connectivity index (χ2v) is 8.36. The largest absolute Gasteiger partial charge is 0.297 e. The van der Waals surface area contributed by atoms with Gasteiger partial charge in [-0.1, -0.05) is 17.7 Å². The van der Waals surface area contributed by atoms with E-state index in [1.54, 1.807) is 12.1 Å². The zero-order valence-corrected chi connectivity index (χ0v) is 12.5. The highest BCUT2D eigenvalue weighted by Crippen LogP contribution is 2.69. The Morgan fingerprint density at radius 2 is 1.85 bits per heavy atom. The molecule has 0 heterocycles. The van der Waals surface area contributed by atoms with Gasteiger partial charge in [-0.25, -0.2) is 0 Å². The van der Waals surface area contributed by atoms with E-state index in [0.29, 0.717) is 16.7 Å². The van der Waals surface area contributed by atoms with Crippen molar-refractivity contribution in [3.8, 4) is 0 Å². The van der Waals surface area contributed by atoms with Crippen LogP contribution in [0.5, 0.6) is 0 Å². The molecule has 0 N–H and O–H groups in total. The summed E-state index contributed by atoms with van der Waals surface area (Å²) in [6, 6.07) is 6.95. The van der Waals surface area contributed by atoms with Crippen molar-refractivity contribution in [3.05, 3.63) is 29.8 Å². The highest BCUT2D eigenvalue weighted by atomic mass is 32.2. The Kier molecular flexibility index (Phi) is 2.62. The molecule has 1 spiro atoms. The van der Waals surface area contributed by atoms with Gasteiger partial charge in [-0.15, -0.1) is 0 Å². The third-order valence-electron chi connectivity index (χ3n) is 5.65. The lowest BCUT2D eigenvalue weighted by molar-refractivity contribution is 0.0726. The minimum Gasteiger partial charge on any atom is -0.262 e. The molecule has 20 heavy (non-hydrogen) atoms. The van der Waals surface area contributed by atoms with Crippen LogP contribution in [-0.4, -0.2) is 14.5 Å². The van der Waals surface area contributed by atoms with Crippen LogP contribution in [-0.2, 0) is 14.3 Å². The molecule has 4 heteroatoms. The van der Waals surface area contributed by atoms with Gasteiger partial charge in [0.1, 0.15) is 0 Å². The van der Waals surface area contributed by atoms with Crippen LogP contribution in [0, 0.1) is 24.2 Å². The normalized spacial score (nSPS) is 33.8. The van der Waals surface area contributed by atoms with E-state index in [9.17, 15) is 8.42 Å². The van der Waals surface area contributed by atoms with E-state index < -0.39 is 10.1 Å². The zero-order valence-electron chi connectivity index (χ0n) is 11.7. The monoisotopic (exact) mass is 292 g/mol. The van der Waals surface area contributed by atoms with Gasteiger partial charge in [0, 0.05) is 5.41 Å². The minimum absolute atomic E-state index is 0.0625. The van der Waals surface area contributed by atoms with Crippen LogP contribution in [0.1, 0.15) is 37.7 Å². The highest BCUT2D eigenvalue weighted by molar-refractivity contribution is 7.86. The average Bonchev–Trinajstić information content (AvgIpc) is 2.96. The standard InChI is InChI=1S/C16H20O3S/c1-11-2-6-14(7-3-11)20(17,18)19-15-12-4-5-13(10-12)16(15)8-9-16/h2-3,6-7,12-13,15H,4-5,8-10H2,1H3/t12-,13+,15+/m0/s1. The van der Waals surface area contributed by atoms with Crippen molar-refractivity contribution in [2.75, 3.05) is 0 Å². The Labute approximate surface area is 120 Å². The fraction of sp³-hybridized carbons (Fsp3) is 0.625. The molecule has 3 atom stereocenters. The second-order valence-electron chi connectivity index (χ2n) is 6.79. The van der Waals surface area contributed by atoms with Crippen molar-refractivity contribution in [1.82, 2.24) is 0 Å². The van der Waals surface area contributed by atoms with E-state index in [1.807, 2.05) is 19.1 Å². The summed E-state index contributed by atoms with van der Waals surface area (Å²) >= 11 is 0. The molecule has 3 aliphatic carbocycles. The fourth-order valence-electron chi connectivity index (χ4n) is 4.42. The third-order valence-corrected chi connectivity index (χ3v) is 6.96. The molecule has 0 unspecified atom stereocenters. The smallest absolute Gasteiger partial charge is 0.262 e. The molecule has 108 valence electrons. The summed E-state index contributed by atoms with van der Waals surface area (Å²) in [6.07, 6.45) is 5.83. The van der Waals surface area contributed by atoms with Gasteiger partial charge in [0.15, 0.2) is 0 Å². The van der Waals surface area contributed by atoms with Crippen molar-refractivity contribution < 1.29 is 12.6 Å². The molecule has 3 nitrogen and oxygen atoms in total. The maximum absolute atomic E-state index is 12.5. The van der Waals surface area contributed by atoms with Crippen LogP contribution in [0.4, 0.5) is 0 Å². The van der Waals surface area contributed by atoms with Gasteiger partial charge in [0.25, 0.3) is 10.1 Å². The van der Waals surface area contributed by atoms with E-state index in [-0.39, 0.29) is 11.5 Å². The van der Waals surface area contributed by atoms with Gasteiger partial charge < -0.3 is 0 Å². The molecule has 0 aromatic heterocycles. The Hall–Kier alpha value is -0.870. The van der Waals surface area contributed by atoms with Crippen molar-refractivity contribution in [2.24, 2.45) is 17.3 Å². The molecule has 0 saturated heterocycles. The van der Waals surface area contributed by atoms with Crippen molar-refractivity contribution >= 4 is 10.1 Å². The Balaban J connectivity index is 1.61. The first-order valence-corrected chi connectivity index (χ1v) is 8.92. The fourth-order valence-corrected chi connectivity index (χ4v) is 5.63. The van der Waals surface area contributed by atoms with Crippen LogP contribution < -0.4 is 0 Å². The maximum Gasteiger partial charge on any atom is 0.297 e. The van der Waals surface area contributed by atoms with E-state index >= 15 is 0 Å². The summed E-state index contributed by atoms with van der Waals surface area (Å²) in [5, 5.41) is 0. The lowest BCUT2D eigenvalue weighted by Gasteiger charge is -2.30. The predicted octanol–water partition coefficient (Wildman–Crippen LogP) is 3.28. The average molecular weight is 292 g/mol. The Morgan fingerprint density at radius 1 is 1.15 bits per heavy atom. The minimum atomic E-state index is -3.61. The van der Waals surface area contributed by atoms with Gasteiger partial charge in [-0.05, 0) is 63.0 Å². The Bertz CT molecular complexity index is 628. The summed E-state index contributed by atoms with van der Waals surface area (Å²) in [6.45, 7) is 1.95. The molecule has 1 aromatic rings. The second kappa shape index (κ2) is 4.08. The predicted molar refractivity (Wildman–Crippen MR) is 75.7 cm³/mol. The molecular weight excluding hydrogens is 272 g/mol. The first-order valence-electron chi connectivity index (χ1n) is 7.51. The van der Waals surface area contributed by atoms with Crippen LogP contribution in [0.15, 0.2) is 29.2 Å². The van der Waals surface area contributed by atoms with E-state index in [0.717, 1.165) is 24.8 Å². The van der Waals surface area contributed by atoms with Gasteiger partial charge in [-0.2, -0.15) is 8.42 Å². The van der Waals surface area contributed by atoms with E-state index in [2.05, 4.69) is 0 Å². The quantitative estimate of drug-likeness (QED) is 0.803. The first-order chi connectivity index (χ1) is 9.51. The molecule has 0 aliphatic heterocycles. The van der Waals surface area contributed by atoms with Gasteiger partial charge >= 0.3 is 0 Å². The SMILES string of the molecule is Cc1ccc(S(=O)(=O)O[C@@H]2[C@H]3CC[C@H](C3)C23CC3)cc1. The molecule has 0 radical (unpaired) electrons. The number of rotatable bonds is 3.